The fraction of sp³-hybridized carbons (Fsp3) is 0.583. The smallest absolute Gasteiger partial charge is 1.00 e. The molecular weight excluding hydrogens is 478 g/mol. The van der Waals surface area contributed by atoms with Gasteiger partial charge in [-0.05, 0) is 11.8 Å². The summed E-state index contributed by atoms with van der Waals surface area (Å²) in [7, 11) is 0. The molecule has 0 amide bonds. The van der Waals surface area contributed by atoms with Gasteiger partial charge in [-0.3, -0.25) is 0 Å². The van der Waals surface area contributed by atoms with Crippen molar-refractivity contribution in [3.05, 3.63) is 58.7 Å². The Balaban J connectivity index is -0.000000355. The van der Waals surface area contributed by atoms with Gasteiger partial charge in [0.25, 0.3) is 0 Å². The van der Waals surface area contributed by atoms with Gasteiger partial charge >= 0.3 is 41.9 Å². The van der Waals surface area contributed by atoms with Crippen molar-refractivity contribution < 1.29 is 48.1 Å². The van der Waals surface area contributed by atoms with E-state index in [-0.39, 0.29) is 30.2 Å². The second kappa shape index (κ2) is 17.1. The van der Waals surface area contributed by atoms with Gasteiger partial charge in [-0.2, -0.15) is 46.5 Å². The molecule has 0 aliphatic carbocycles. The van der Waals surface area contributed by atoms with Gasteiger partial charge in [0.2, 0.25) is 0 Å². The topological polar surface area (TPSA) is 0 Å². The molecule has 2 rings (SSSR count). The van der Waals surface area contributed by atoms with Crippen LogP contribution in [0, 0.1) is 0 Å². The molecule has 0 aliphatic heterocycles. The summed E-state index contributed by atoms with van der Waals surface area (Å²) >= 11 is 1.74. The van der Waals surface area contributed by atoms with E-state index in [1.54, 1.807) is 23.3 Å². The van der Waals surface area contributed by atoms with Crippen molar-refractivity contribution in [3.63, 3.8) is 0 Å². The summed E-state index contributed by atoms with van der Waals surface area (Å²) in [4.78, 5) is 0. The second-order valence-corrected chi connectivity index (χ2v) is 17.9. The summed E-state index contributed by atoms with van der Waals surface area (Å²) in [5, 5.41) is 0. The van der Waals surface area contributed by atoms with Crippen LogP contribution in [0.2, 0.25) is 13.1 Å². The Labute approximate surface area is 203 Å². The van der Waals surface area contributed by atoms with Crippen molar-refractivity contribution in [2.24, 2.45) is 0 Å². The molecule has 0 spiro atoms. The number of halogens is 2. The standard InChI is InChI=1S/2C11H17.C2H6Si.2ClH.Zr/c2*1-8(2)10-5-6-11(7-10)9(3)4;1-3-2;;;/h2*5-9H,1-4H3;1-2H3;2*1H;/q2*-1;;;;+2/p-2. The molecule has 0 aliphatic rings. The van der Waals surface area contributed by atoms with E-state index in [4.69, 9.17) is 0 Å². The van der Waals surface area contributed by atoms with Crippen LogP contribution >= 0.6 is 0 Å². The SMILES string of the molecule is CC(C)c1c[cH-]c(C(C)C)c1.CC(C)c1c[cH-]c(C(C)C)c1.C[Si](C)=[Zr+2].[Cl-].[Cl-]. The first-order valence-corrected chi connectivity index (χ1v) is 16.2. The molecule has 0 unspecified atom stereocenters. The molecule has 0 saturated heterocycles. The number of hydrogen-bond acceptors (Lipinski definition) is 0. The first kappa shape index (κ1) is 33.0. The van der Waals surface area contributed by atoms with Crippen LogP contribution < -0.4 is 24.8 Å². The van der Waals surface area contributed by atoms with Crippen molar-refractivity contribution in [3.8, 4) is 0 Å². The Kier molecular flexibility index (Phi) is 20.2. The van der Waals surface area contributed by atoms with Gasteiger partial charge in [0, 0.05) is 0 Å². The van der Waals surface area contributed by atoms with E-state index in [2.05, 4.69) is 105 Å². The average molecular weight is 519 g/mol. The zero-order chi connectivity index (χ0) is 20.4. The summed E-state index contributed by atoms with van der Waals surface area (Å²) in [5.74, 6) is 2.68. The maximum absolute atomic E-state index is 2.31. The number of rotatable bonds is 4. The van der Waals surface area contributed by atoms with Crippen molar-refractivity contribution >= 4 is 5.43 Å². The van der Waals surface area contributed by atoms with Gasteiger partial charge in [-0.1, -0.05) is 67.2 Å². The molecule has 0 bridgehead atoms. The Morgan fingerprint density at radius 1 is 0.643 bits per heavy atom. The molecule has 0 N–H and O–H groups in total. The predicted molar refractivity (Wildman–Crippen MR) is 118 cm³/mol. The Hall–Kier alpha value is 0.380. The first-order valence-electron chi connectivity index (χ1n) is 10.00. The molecule has 4 heteroatoms. The van der Waals surface area contributed by atoms with Crippen LogP contribution in [0.3, 0.4) is 0 Å². The molecule has 2 aromatic rings. The second-order valence-electron chi connectivity index (χ2n) is 8.57. The third kappa shape index (κ3) is 14.4. The maximum Gasteiger partial charge on any atom is -1.00 e. The third-order valence-electron chi connectivity index (χ3n) is 4.27. The summed E-state index contributed by atoms with van der Waals surface area (Å²) in [6, 6.07) is 13.6. The molecule has 0 nitrogen and oxygen atoms in total. The molecular formula is C24H40Cl2SiZr-2. The van der Waals surface area contributed by atoms with Gasteiger partial charge in [-0.25, -0.2) is 12.1 Å². The van der Waals surface area contributed by atoms with Crippen LogP contribution in [0.5, 0.6) is 0 Å². The van der Waals surface area contributed by atoms with E-state index >= 15 is 0 Å². The molecule has 0 fully saturated rings. The zero-order valence-corrected chi connectivity index (χ0v) is 24.5. The monoisotopic (exact) mass is 516 g/mol. The Morgan fingerprint density at radius 2 is 0.893 bits per heavy atom. The van der Waals surface area contributed by atoms with Crippen molar-refractivity contribution in [2.45, 2.75) is 92.2 Å². The van der Waals surface area contributed by atoms with E-state index in [0.29, 0.717) is 23.7 Å². The number of hydrogen-bond donors (Lipinski definition) is 0. The summed E-state index contributed by atoms with van der Waals surface area (Å²) in [6.45, 7) is 22.5. The minimum absolute atomic E-state index is 0. The zero-order valence-electron chi connectivity index (χ0n) is 19.5. The van der Waals surface area contributed by atoms with Gasteiger partial charge in [0.15, 0.2) is 0 Å². The quantitative estimate of drug-likeness (QED) is 0.430. The largest absolute Gasteiger partial charge is 1.00 e. The van der Waals surface area contributed by atoms with Crippen LogP contribution in [-0.2, 0) is 23.3 Å². The van der Waals surface area contributed by atoms with Crippen molar-refractivity contribution in [2.75, 3.05) is 0 Å². The molecule has 0 atom stereocenters. The molecule has 0 aromatic heterocycles. The van der Waals surface area contributed by atoms with Crippen LogP contribution in [0.1, 0.15) is 101 Å². The minimum Gasteiger partial charge on any atom is -1.00 e. The van der Waals surface area contributed by atoms with E-state index < -0.39 is 0 Å². The first-order chi connectivity index (χ1) is 12.0. The van der Waals surface area contributed by atoms with Gasteiger partial charge < -0.3 is 24.8 Å². The van der Waals surface area contributed by atoms with E-state index in [1.165, 1.54) is 22.3 Å². The molecule has 0 heterocycles. The normalized spacial score (nSPS) is 10.0. The van der Waals surface area contributed by atoms with Crippen LogP contribution in [0.4, 0.5) is 0 Å². The fourth-order valence-corrected chi connectivity index (χ4v) is 2.40. The Bertz CT molecular complexity index is 537. The predicted octanol–water partition coefficient (Wildman–Crippen LogP) is 2.10. The summed E-state index contributed by atoms with van der Waals surface area (Å²) in [6.07, 6.45) is 0. The van der Waals surface area contributed by atoms with Crippen molar-refractivity contribution in [1.29, 1.82) is 0 Å². The average Bonchev–Trinajstić information content (AvgIpc) is 3.17. The fourth-order valence-electron chi connectivity index (χ4n) is 2.40. The molecule has 160 valence electrons. The summed E-state index contributed by atoms with van der Waals surface area (Å²) in [5.41, 5.74) is 6.08. The van der Waals surface area contributed by atoms with Crippen LogP contribution in [0.15, 0.2) is 36.4 Å². The molecule has 0 radical (unpaired) electrons. The molecule has 2 aromatic carbocycles. The maximum atomic E-state index is 2.31. The van der Waals surface area contributed by atoms with E-state index in [1.807, 2.05) is 0 Å². The van der Waals surface area contributed by atoms with Gasteiger partial charge in [0.05, 0.1) is 0 Å². The van der Waals surface area contributed by atoms with E-state index in [9.17, 15) is 0 Å². The van der Waals surface area contributed by atoms with Gasteiger partial charge in [-0.15, -0.1) is 0 Å². The van der Waals surface area contributed by atoms with E-state index in [0.717, 1.165) is 0 Å². The molecule has 28 heavy (non-hydrogen) atoms. The summed E-state index contributed by atoms with van der Waals surface area (Å²) < 4.78 is 0. The molecule has 0 saturated carbocycles. The van der Waals surface area contributed by atoms with Crippen molar-refractivity contribution in [1.82, 2.24) is 0 Å². The van der Waals surface area contributed by atoms with Gasteiger partial charge in [0.1, 0.15) is 0 Å². The van der Waals surface area contributed by atoms with Crippen LogP contribution in [-0.4, -0.2) is 5.43 Å². The van der Waals surface area contributed by atoms with Crippen LogP contribution in [0.25, 0.3) is 0 Å². The minimum atomic E-state index is 0. The third-order valence-corrected chi connectivity index (χ3v) is 4.27. The Morgan fingerprint density at radius 3 is 1.00 bits per heavy atom.